The van der Waals surface area contributed by atoms with Crippen molar-refractivity contribution in [3.05, 3.63) is 0 Å². The summed E-state index contributed by atoms with van der Waals surface area (Å²) in [5.74, 6) is 0.226. The fourth-order valence-corrected chi connectivity index (χ4v) is 1.52. The lowest BCUT2D eigenvalue weighted by atomic mass is 10.3. The molecule has 0 atom stereocenters. The predicted molar refractivity (Wildman–Crippen MR) is 73.3 cm³/mol. The summed E-state index contributed by atoms with van der Waals surface area (Å²) in [5, 5.41) is 5.73. The molecule has 0 aromatic heterocycles. The van der Waals surface area contributed by atoms with Crippen LogP contribution in [0, 0.1) is 0 Å². The van der Waals surface area contributed by atoms with Gasteiger partial charge in [0.1, 0.15) is 0 Å². The van der Waals surface area contributed by atoms with Gasteiger partial charge in [-0.3, -0.25) is 9.59 Å². The molecule has 0 unspecified atom stereocenters. The Labute approximate surface area is 110 Å². The van der Waals surface area contributed by atoms with Crippen molar-refractivity contribution >= 4 is 11.8 Å². The summed E-state index contributed by atoms with van der Waals surface area (Å²) in [5.41, 5.74) is 0. The van der Waals surface area contributed by atoms with E-state index in [1.165, 1.54) is 0 Å². The minimum atomic E-state index is 0.113. The lowest BCUT2D eigenvalue weighted by Gasteiger charge is -2.17. The monoisotopic (exact) mass is 257 g/mol. The van der Waals surface area contributed by atoms with Crippen LogP contribution in [0.5, 0.6) is 0 Å². The van der Waals surface area contributed by atoms with E-state index in [0.29, 0.717) is 25.9 Å². The fraction of sp³-hybridized carbons (Fsp3) is 0.846. The Balaban J connectivity index is 3.45. The molecule has 0 aliphatic rings. The van der Waals surface area contributed by atoms with Gasteiger partial charge in [0.25, 0.3) is 0 Å². The standard InChI is InChI=1S/C13H27N3O2/c1-4-6-12(17)14-8-10-16(3)11-9-15-13(18)7-5-2/h4-11H2,1-3H3,(H,14,17)(H,15,18). The van der Waals surface area contributed by atoms with Gasteiger partial charge in [-0.2, -0.15) is 0 Å². The minimum absolute atomic E-state index is 0.113. The molecule has 0 spiro atoms. The van der Waals surface area contributed by atoms with Gasteiger partial charge < -0.3 is 15.5 Å². The van der Waals surface area contributed by atoms with Crippen molar-refractivity contribution in [2.75, 3.05) is 33.2 Å². The van der Waals surface area contributed by atoms with Crippen molar-refractivity contribution in [1.82, 2.24) is 15.5 Å². The molecule has 0 aliphatic carbocycles. The van der Waals surface area contributed by atoms with Crippen molar-refractivity contribution in [1.29, 1.82) is 0 Å². The number of likely N-dealkylation sites (N-methyl/N-ethyl adjacent to an activating group) is 1. The summed E-state index contributed by atoms with van der Waals surface area (Å²) < 4.78 is 0. The molecule has 2 amide bonds. The molecule has 0 bridgehead atoms. The molecular weight excluding hydrogens is 230 g/mol. The van der Waals surface area contributed by atoms with Crippen molar-refractivity contribution < 1.29 is 9.59 Å². The minimum Gasteiger partial charge on any atom is -0.355 e. The van der Waals surface area contributed by atoms with Gasteiger partial charge in [-0.15, -0.1) is 0 Å². The van der Waals surface area contributed by atoms with E-state index in [9.17, 15) is 9.59 Å². The lowest BCUT2D eigenvalue weighted by Crippen LogP contribution is -2.37. The topological polar surface area (TPSA) is 61.4 Å². The summed E-state index contributed by atoms with van der Waals surface area (Å²) in [4.78, 5) is 24.5. The van der Waals surface area contributed by atoms with Gasteiger partial charge in [-0.25, -0.2) is 0 Å². The maximum absolute atomic E-state index is 11.2. The van der Waals surface area contributed by atoms with Crippen LogP contribution < -0.4 is 10.6 Å². The van der Waals surface area contributed by atoms with Gasteiger partial charge in [-0.05, 0) is 19.9 Å². The van der Waals surface area contributed by atoms with Crippen LogP contribution in [0.2, 0.25) is 0 Å². The van der Waals surface area contributed by atoms with Gasteiger partial charge >= 0.3 is 0 Å². The number of carbonyl (C=O) groups excluding carboxylic acids is 2. The highest BCUT2D eigenvalue weighted by Gasteiger charge is 2.02. The second kappa shape index (κ2) is 11.0. The third-order valence-corrected chi connectivity index (χ3v) is 2.59. The molecular formula is C13H27N3O2. The number of hydrogen-bond acceptors (Lipinski definition) is 3. The third-order valence-electron chi connectivity index (χ3n) is 2.59. The molecule has 0 rings (SSSR count). The van der Waals surface area contributed by atoms with E-state index in [2.05, 4.69) is 15.5 Å². The molecule has 18 heavy (non-hydrogen) atoms. The second-order valence-corrected chi connectivity index (χ2v) is 4.50. The van der Waals surface area contributed by atoms with E-state index in [1.807, 2.05) is 20.9 Å². The van der Waals surface area contributed by atoms with E-state index in [0.717, 1.165) is 25.9 Å². The Hall–Kier alpha value is -1.10. The van der Waals surface area contributed by atoms with Crippen LogP contribution >= 0.6 is 0 Å². The Morgan fingerprint density at radius 3 is 1.61 bits per heavy atom. The quantitative estimate of drug-likeness (QED) is 0.607. The molecule has 0 aromatic carbocycles. The molecule has 5 nitrogen and oxygen atoms in total. The SMILES string of the molecule is CCCC(=O)NCCN(C)CCNC(=O)CCC. The first-order chi connectivity index (χ1) is 8.60. The fourth-order valence-electron chi connectivity index (χ4n) is 1.52. The van der Waals surface area contributed by atoms with Gasteiger partial charge in [0, 0.05) is 39.0 Å². The van der Waals surface area contributed by atoms with Gasteiger partial charge in [0.05, 0.1) is 0 Å². The second-order valence-electron chi connectivity index (χ2n) is 4.50. The number of carbonyl (C=O) groups is 2. The molecule has 0 heterocycles. The van der Waals surface area contributed by atoms with Crippen LogP contribution in [0.15, 0.2) is 0 Å². The zero-order chi connectivity index (χ0) is 13.8. The van der Waals surface area contributed by atoms with Crippen molar-refractivity contribution in [2.45, 2.75) is 39.5 Å². The maximum Gasteiger partial charge on any atom is 0.220 e. The normalized spacial score (nSPS) is 10.4. The van der Waals surface area contributed by atoms with Crippen LogP contribution in [0.25, 0.3) is 0 Å². The lowest BCUT2D eigenvalue weighted by molar-refractivity contribution is -0.121. The number of nitrogens with one attached hydrogen (secondary N) is 2. The molecule has 0 fully saturated rings. The molecule has 106 valence electrons. The Bertz CT molecular complexity index is 220. The van der Waals surface area contributed by atoms with E-state index in [1.54, 1.807) is 0 Å². The molecule has 0 aromatic rings. The van der Waals surface area contributed by atoms with Crippen LogP contribution in [-0.2, 0) is 9.59 Å². The zero-order valence-corrected chi connectivity index (χ0v) is 11.9. The molecule has 5 heteroatoms. The Morgan fingerprint density at radius 2 is 1.28 bits per heavy atom. The van der Waals surface area contributed by atoms with E-state index >= 15 is 0 Å². The summed E-state index contributed by atoms with van der Waals surface area (Å²) in [6.07, 6.45) is 2.95. The van der Waals surface area contributed by atoms with Gasteiger partial charge in [-0.1, -0.05) is 13.8 Å². The molecule has 2 N–H and O–H groups in total. The van der Waals surface area contributed by atoms with E-state index in [4.69, 9.17) is 0 Å². The van der Waals surface area contributed by atoms with Crippen LogP contribution in [0.1, 0.15) is 39.5 Å². The summed E-state index contributed by atoms with van der Waals surface area (Å²) in [6.45, 7) is 6.92. The van der Waals surface area contributed by atoms with E-state index in [-0.39, 0.29) is 11.8 Å². The van der Waals surface area contributed by atoms with Gasteiger partial charge in [0.15, 0.2) is 0 Å². The highest BCUT2D eigenvalue weighted by Crippen LogP contribution is 1.87. The Kier molecular flexibility index (Phi) is 10.3. The number of nitrogens with zero attached hydrogens (tertiary/aromatic N) is 1. The highest BCUT2D eigenvalue weighted by atomic mass is 16.2. The number of rotatable bonds is 10. The zero-order valence-electron chi connectivity index (χ0n) is 11.9. The average molecular weight is 257 g/mol. The molecule has 0 saturated heterocycles. The first kappa shape index (κ1) is 16.9. The molecule has 0 aliphatic heterocycles. The van der Waals surface area contributed by atoms with Crippen molar-refractivity contribution in [2.24, 2.45) is 0 Å². The van der Waals surface area contributed by atoms with Crippen molar-refractivity contribution in [3.63, 3.8) is 0 Å². The first-order valence-corrected chi connectivity index (χ1v) is 6.82. The predicted octanol–water partition coefficient (Wildman–Crippen LogP) is 0.751. The van der Waals surface area contributed by atoms with E-state index < -0.39 is 0 Å². The van der Waals surface area contributed by atoms with Crippen LogP contribution in [-0.4, -0.2) is 49.9 Å². The summed E-state index contributed by atoms with van der Waals surface area (Å²) >= 11 is 0. The van der Waals surface area contributed by atoms with Crippen LogP contribution in [0.3, 0.4) is 0 Å². The van der Waals surface area contributed by atoms with Crippen LogP contribution in [0.4, 0.5) is 0 Å². The first-order valence-electron chi connectivity index (χ1n) is 6.82. The smallest absolute Gasteiger partial charge is 0.220 e. The largest absolute Gasteiger partial charge is 0.355 e. The number of amides is 2. The Morgan fingerprint density at radius 1 is 0.889 bits per heavy atom. The number of hydrogen-bond donors (Lipinski definition) is 2. The van der Waals surface area contributed by atoms with Gasteiger partial charge in [0.2, 0.25) is 11.8 Å². The highest BCUT2D eigenvalue weighted by molar-refractivity contribution is 5.76. The third kappa shape index (κ3) is 10.1. The molecule has 0 saturated carbocycles. The maximum atomic E-state index is 11.2. The van der Waals surface area contributed by atoms with Crippen molar-refractivity contribution in [3.8, 4) is 0 Å². The summed E-state index contributed by atoms with van der Waals surface area (Å²) in [6, 6.07) is 0. The molecule has 0 radical (unpaired) electrons. The summed E-state index contributed by atoms with van der Waals surface area (Å²) in [7, 11) is 1.98. The average Bonchev–Trinajstić information content (AvgIpc) is 2.29.